The van der Waals surface area contributed by atoms with E-state index in [9.17, 15) is 9.90 Å². The van der Waals surface area contributed by atoms with Crippen LogP contribution in [0.25, 0.3) is 0 Å². The van der Waals surface area contributed by atoms with Gasteiger partial charge in [0.25, 0.3) is 0 Å². The van der Waals surface area contributed by atoms with Crippen LogP contribution in [0.15, 0.2) is 0 Å². The Balaban J connectivity index is 2.58. The first-order chi connectivity index (χ1) is 8.00. The topological polar surface area (TPSA) is 61.8 Å². The van der Waals surface area contributed by atoms with Gasteiger partial charge in [-0.15, -0.1) is 0 Å². The second-order valence-corrected chi connectivity index (χ2v) is 5.07. The molecule has 0 amide bonds. The number of carboxylic acids is 1. The second-order valence-electron chi connectivity index (χ2n) is 5.07. The van der Waals surface area contributed by atoms with E-state index in [2.05, 4.69) is 5.32 Å². The first-order valence-electron chi connectivity index (χ1n) is 6.16. The lowest BCUT2D eigenvalue weighted by Crippen LogP contribution is -2.57. The number of aliphatic carboxylic acids is 1. The van der Waals surface area contributed by atoms with Crippen molar-refractivity contribution < 1.29 is 14.6 Å². The molecule has 2 unspecified atom stereocenters. The van der Waals surface area contributed by atoms with Gasteiger partial charge in [-0.25, -0.2) is 0 Å². The highest BCUT2D eigenvalue weighted by Gasteiger charge is 2.42. The van der Waals surface area contributed by atoms with Gasteiger partial charge in [0.15, 0.2) is 0 Å². The van der Waals surface area contributed by atoms with Gasteiger partial charge in [-0.2, -0.15) is 0 Å². The first kappa shape index (κ1) is 14.4. The monoisotopic (exact) mass is 244 g/mol. The summed E-state index contributed by atoms with van der Waals surface area (Å²) in [4.78, 5) is 13.5. The lowest BCUT2D eigenvalue weighted by molar-refractivity contribution is -0.148. The van der Waals surface area contributed by atoms with E-state index in [-0.39, 0.29) is 6.10 Å². The minimum atomic E-state index is -0.797. The zero-order valence-corrected chi connectivity index (χ0v) is 11.0. The zero-order chi connectivity index (χ0) is 12.9. The van der Waals surface area contributed by atoms with Crippen LogP contribution in [-0.2, 0) is 9.53 Å². The molecule has 0 aromatic carbocycles. The average molecular weight is 244 g/mol. The third kappa shape index (κ3) is 3.94. The largest absolute Gasteiger partial charge is 0.480 e. The smallest absolute Gasteiger partial charge is 0.323 e. The fourth-order valence-corrected chi connectivity index (χ4v) is 2.37. The van der Waals surface area contributed by atoms with Crippen molar-refractivity contribution in [3.63, 3.8) is 0 Å². The molecule has 5 nitrogen and oxygen atoms in total. The summed E-state index contributed by atoms with van der Waals surface area (Å²) in [6.45, 7) is 1.53. The molecule has 0 heterocycles. The van der Waals surface area contributed by atoms with E-state index >= 15 is 0 Å². The van der Waals surface area contributed by atoms with Gasteiger partial charge in [0, 0.05) is 26.6 Å². The highest BCUT2D eigenvalue weighted by Crippen LogP contribution is 2.30. The molecule has 0 aromatic rings. The van der Waals surface area contributed by atoms with Crippen molar-refractivity contribution >= 4 is 5.97 Å². The van der Waals surface area contributed by atoms with Gasteiger partial charge in [0.1, 0.15) is 5.54 Å². The van der Waals surface area contributed by atoms with Crippen LogP contribution in [0.5, 0.6) is 0 Å². The van der Waals surface area contributed by atoms with Crippen LogP contribution in [0.3, 0.4) is 0 Å². The summed E-state index contributed by atoms with van der Waals surface area (Å²) in [7, 11) is 5.62. The summed E-state index contributed by atoms with van der Waals surface area (Å²) >= 11 is 0. The average Bonchev–Trinajstić information content (AvgIpc) is 2.28. The lowest BCUT2D eigenvalue weighted by atomic mass is 9.80. The Kier molecular flexibility index (Phi) is 5.36. The summed E-state index contributed by atoms with van der Waals surface area (Å²) in [5.41, 5.74) is -0.797. The van der Waals surface area contributed by atoms with Gasteiger partial charge in [-0.1, -0.05) is 0 Å². The molecule has 1 fully saturated rings. The molecule has 5 heteroatoms. The number of ether oxygens (including phenoxy) is 1. The summed E-state index contributed by atoms with van der Waals surface area (Å²) in [6.07, 6.45) is 3.18. The van der Waals surface area contributed by atoms with Gasteiger partial charge in [0.05, 0.1) is 6.10 Å². The number of carboxylic acid groups (broad SMARTS) is 1. The van der Waals surface area contributed by atoms with Crippen LogP contribution in [-0.4, -0.2) is 61.9 Å². The van der Waals surface area contributed by atoms with Gasteiger partial charge < -0.3 is 20.1 Å². The maximum atomic E-state index is 11.5. The Morgan fingerprint density at radius 3 is 2.82 bits per heavy atom. The van der Waals surface area contributed by atoms with Crippen LogP contribution < -0.4 is 5.32 Å². The van der Waals surface area contributed by atoms with Crippen molar-refractivity contribution in [2.75, 3.05) is 34.3 Å². The van der Waals surface area contributed by atoms with E-state index in [1.807, 2.05) is 19.0 Å². The molecule has 0 aliphatic heterocycles. The molecule has 100 valence electrons. The third-order valence-electron chi connectivity index (χ3n) is 3.47. The summed E-state index contributed by atoms with van der Waals surface area (Å²) in [5, 5.41) is 12.6. The molecule has 1 rings (SSSR count). The molecular formula is C12H24N2O3. The molecule has 0 aromatic heterocycles. The van der Waals surface area contributed by atoms with E-state index in [1.54, 1.807) is 7.11 Å². The van der Waals surface area contributed by atoms with E-state index in [4.69, 9.17) is 4.74 Å². The summed E-state index contributed by atoms with van der Waals surface area (Å²) in [6, 6.07) is 0. The minimum absolute atomic E-state index is 0.0618. The quantitative estimate of drug-likeness (QED) is 0.714. The molecule has 1 saturated carbocycles. The summed E-state index contributed by atoms with van der Waals surface area (Å²) in [5.74, 6) is -0.752. The molecule has 2 atom stereocenters. The standard InChI is InChI=1S/C12H24N2O3/c1-14(2)8-7-13-12(11(15)16)6-4-5-10(9-12)17-3/h10,13H,4-9H2,1-3H3,(H,15,16). The molecule has 0 saturated heterocycles. The molecular weight excluding hydrogens is 220 g/mol. The SMILES string of the molecule is COC1CCCC(NCCN(C)C)(C(=O)O)C1. The van der Waals surface area contributed by atoms with Crippen LogP contribution in [0.4, 0.5) is 0 Å². The Labute approximate surface area is 103 Å². The number of hydrogen-bond acceptors (Lipinski definition) is 4. The van der Waals surface area contributed by atoms with Crippen molar-refractivity contribution in [1.29, 1.82) is 0 Å². The normalized spacial score (nSPS) is 29.5. The van der Waals surface area contributed by atoms with E-state index in [1.165, 1.54) is 0 Å². The molecule has 0 bridgehead atoms. The van der Waals surface area contributed by atoms with Crippen molar-refractivity contribution in [3.05, 3.63) is 0 Å². The molecule has 1 aliphatic carbocycles. The van der Waals surface area contributed by atoms with Crippen LogP contribution in [0, 0.1) is 0 Å². The highest BCUT2D eigenvalue weighted by molar-refractivity contribution is 5.79. The van der Waals surface area contributed by atoms with E-state index in [0.717, 1.165) is 19.4 Å². The molecule has 17 heavy (non-hydrogen) atoms. The van der Waals surface area contributed by atoms with Gasteiger partial charge >= 0.3 is 5.97 Å². The Hall–Kier alpha value is -0.650. The Morgan fingerprint density at radius 1 is 1.59 bits per heavy atom. The van der Waals surface area contributed by atoms with Crippen LogP contribution in [0.2, 0.25) is 0 Å². The van der Waals surface area contributed by atoms with E-state index in [0.29, 0.717) is 19.4 Å². The minimum Gasteiger partial charge on any atom is -0.480 e. The number of nitrogens with zero attached hydrogens (tertiary/aromatic N) is 1. The Morgan fingerprint density at radius 2 is 2.29 bits per heavy atom. The number of nitrogens with one attached hydrogen (secondary N) is 1. The Bertz CT molecular complexity index is 258. The maximum Gasteiger partial charge on any atom is 0.323 e. The highest BCUT2D eigenvalue weighted by atomic mass is 16.5. The van der Waals surface area contributed by atoms with Crippen molar-refractivity contribution in [1.82, 2.24) is 10.2 Å². The second kappa shape index (κ2) is 6.33. The first-order valence-corrected chi connectivity index (χ1v) is 6.16. The number of rotatable bonds is 6. The fourth-order valence-electron chi connectivity index (χ4n) is 2.37. The maximum absolute atomic E-state index is 11.5. The molecule has 2 N–H and O–H groups in total. The van der Waals surface area contributed by atoms with Crippen molar-refractivity contribution in [2.45, 2.75) is 37.3 Å². The predicted molar refractivity (Wildman–Crippen MR) is 66.2 cm³/mol. The van der Waals surface area contributed by atoms with E-state index < -0.39 is 11.5 Å². The predicted octanol–water partition coefficient (Wildman–Crippen LogP) is 0.550. The zero-order valence-electron chi connectivity index (χ0n) is 11.0. The molecule has 0 spiro atoms. The molecule has 0 radical (unpaired) electrons. The summed E-state index contributed by atoms with van der Waals surface area (Å²) < 4.78 is 5.31. The number of carbonyl (C=O) groups is 1. The van der Waals surface area contributed by atoms with Gasteiger partial charge in [0.2, 0.25) is 0 Å². The van der Waals surface area contributed by atoms with Crippen LogP contribution in [0.1, 0.15) is 25.7 Å². The lowest BCUT2D eigenvalue weighted by Gasteiger charge is -2.38. The van der Waals surface area contributed by atoms with Crippen molar-refractivity contribution in [3.8, 4) is 0 Å². The number of likely N-dealkylation sites (N-methyl/N-ethyl adjacent to an activating group) is 1. The van der Waals surface area contributed by atoms with Crippen molar-refractivity contribution in [2.24, 2.45) is 0 Å². The number of methoxy groups -OCH3 is 1. The van der Waals surface area contributed by atoms with Gasteiger partial charge in [-0.05, 0) is 33.4 Å². The third-order valence-corrected chi connectivity index (χ3v) is 3.47. The fraction of sp³-hybridized carbons (Fsp3) is 0.917. The molecule has 1 aliphatic rings. The number of hydrogen-bond donors (Lipinski definition) is 2. The van der Waals surface area contributed by atoms with Crippen LogP contribution >= 0.6 is 0 Å². The van der Waals surface area contributed by atoms with Gasteiger partial charge in [-0.3, -0.25) is 4.79 Å².